The Morgan fingerprint density at radius 3 is 2.45 bits per heavy atom. The lowest BCUT2D eigenvalue weighted by Crippen LogP contribution is -2.03. The first-order valence-electron chi connectivity index (χ1n) is 9.50. The second-order valence-corrected chi connectivity index (χ2v) is 7.27. The number of fused-ring (bicyclic) bond motifs is 1. The van der Waals surface area contributed by atoms with Gasteiger partial charge in [0.05, 0.1) is 29.3 Å². The third-order valence-electron chi connectivity index (χ3n) is 5.08. The second kappa shape index (κ2) is 6.67. The average molecular weight is 380 g/mol. The van der Waals surface area contributed by atoms with Gasteiger partial charge < -0.3 is 0 Å². The van der Waals surface area contributed by atoms with E-state index in [1.807, 2.05) is 53.6 Å². The second-order valence-electron chi connectivity index (χ2n) is 7.27. The van der Waals surface area contributed by atoms with Crippen LogP contribution in [0.15, 0.2) is 67.3 Å². The van der Waals surface area contributed by atoms with Crippen molar-refractivity contribution in [3.05, 3.63) is 83.9 Å². The van der Waals surface area contributed by atoms with Gasteiger partial charge in [0.25, 0.3) is 0 Å². The third-order valence-corrected chi connectivity index (χ3v) is 5.08. The van der Waals surface area contributed by atoms with Crippen LogP contribution in [0.1, 0.15) is 16.7 Å². The highest BCUT2D eigenvalue weighted by molar-refractivity contribution is 5.89. The summed E-state index contributed by atoms with van der Waals surface area (Å²) in [5.74, 6) is 0.804. The van der Waals surface area contributed by atoms with Crippen LogP contribution in [-0.2, 0) is 0 Å². The predicted octanol–water partition coefficient (Wildman–Crippen LogP) is 4.59. The normalized spacial score (nSPS) is 11.3. The Hall–Kier alpha value is -3.80. The van der Waals surface area contributed by atoms with Gasteiger partial charge in [0, 0.05) is 12.4 Å². The molecule has 0 saturated carbocycles. The topological polar surface area (TPSA) is 61.4 Å². The molecule has 0 fully saturated rings. The van der Waals surface area contributed by atoms with Gasteiger partial charge >= 0.3 is 0 Å². The first kappa shape index (κ1) is 17.3. The van der Waals surface area contributed by atoms with E-state index < -0.39 is 0 Å². The lowest BCUT2D eigenvalue weighted by molar-refractivity contribution is 0.896. The molecule has 0 bridgehead atoms. The fraction of sp³-hybridized carbons (Fsp3) is 0.130. The molecule has 0 aliphatic heterocycles. The summed E-state index contributed by atoms with van der Waals surface area (Å²) in [6.07, 6.45) is 7.44. The van der Waals surface area contributed by atoms with Crippen LogP contribution in [0, 0.1) is 20.8 Å². The number of aryl methyl sites for hydroxylation is 3. The van der Waals surface area contributed by atoms with Crippen LogP contribution < -0.4 is 0 Å². The van der Waals surface area contributed by atoms with Gasteiger partial charge in [-0.2, -0.15) is 10.2 Å². The van der Waals surface area contributed by atoms with Crippen molar-refractivity contribution in [2.45, 2.75) is 20.8 Å². The lowest BCUT2D eigenvalue weighted by Gasteiger charge is -2.15. The van der Waals surface area contributed by atoms with Gasteiger partial charge in [-0.1, -0.05) is 35.9 Å². The van der Waals surface area contributed by atoms with Crippen LogP contribution in [0.2, 0.25) is 0 Å². The summed E-state index contributed by atoms with van der Waals surface area (Å²) >= 11 is 0. The summed E-state index contributed by atoms with van der Waals surface area (Å²) in [6, 6.07) is 14.4. The molecule has 0 N–H and O–H groups in total. The van der Waals surface area contributed by atoms with E-state index in [2.05, 4.69) is 52.7 Å². The van der Waals surface area contributed by atoms with Crippen LogP contribution in [0.4, 0.5) is 0 Å². The van der Waals surface area contributed by atoms with E-state index >= 15 is 0 Å². The monoisotopic (exact) mass is 380 g/mol. The molecule has 0 saturated heterocycles. The molecule has 0 aliphatic rings. The van der Waals surface area contributed by atoms with E-state index in [4.69, 9.17) is 5.10 Å². The molecule has 142 valence electrons. The highest BCUT2D eigenvalue weighted by Crippen LogP contribution is 2.30. The molecule has 5 rings (SSSR count). The van der Waals surface area contributed by atoms with Gasteiger partial charge in [0.2, 0.25) is 0 Å². The minimum Gasteiger partial charge on any atom is -0.299 e. The quantitative estimate of drug-likeness (QED) is 0.459. The van der Waals surface area contributed by atoms with Crippen LogP contribution in [0.5, 0.6) is 0 Å². The minimum atomic E-state index is 0.734. The highest BCUT2D eigenvalue weighted by Gasteiger charge is 2.17. The predicted molar refractivity (Wildman–Crippen MR) is 113 cm³/mol. The summed E-state index contributed by atoms with van der Waals surface area (Å²) in [5, 5.41) is 13.3. The van der Waals surface area contributed by atoms with Crippen molar-refractivity contribution in [1.82, 2.24) is 29.5 Å². The average Bonchev–Trinajstić information content (AvgIpc) is 3.35. The summed E-state index contributed by atoms with van der Waals surface area (Å²) < 4.78 is 3.95. The van der Waals surface area contributed by atoms with E-state index in [9.17, 15) is 0 Å². The molecule has 3 aromatic heterocycles. The number of para-hydroxylation sites is 1. The summed E-state index contributed by atoms with van der Waals surface area (Å²) in [6.45, 7) is 6.37. The van der Waals surface area contributed by atoms with Gasteiger partial charge in [-0.05, 0) is 44.0 Å². The van der Waals surface area contributed by atoms with E-state index in [1.54, 1.807) is 6.20 Å². The highest BCUT2D eigenvalue weighted by atomic mass is 15.3. The molecule has 0 aliphatic carbocycles. The smallest absolute Gasteiger partial charge is 0.148 e. The Kier molecular flexibility index (Phi) is 3.98. The van der Waals surface area contributed by atoms with E-state index in [0.717, 1.165) is 33.8 Å². The van der Waals surface area contributed by atoms with Crippen molar-refractivity contribution in [3.63, 3.8) is 0 Å². The van der Waals surface area contributed by atoms with Crippen molar-refractivity contribution in [3.8, 4) is 22.8 Å². The molecule has 3 heterocycles. The van der Waals surface area contributed by atoms with Crippen LogP contribution in [0.3, 0.4) is 0 Å². The number of benzene rings is 2. The summed E-state index contributed by atoms with van der Waals surface area (Å²) in [4.78, 5) is 4.65. The zero-order chi connectivity index (χ0) is 20.0. The zero-order valence-corrected chi connectivity index (χ0v) is 16.5. The molecule has 0 radical (unpaired) electrons. The van der Waals surface area contributed by atoms with Crippen molar-refractivity contribution >= 4 is 11.0 Å². The maximum Gasteiger partial charge on any atom is 0.148 e. The molecule has 0 spiro atoms. The fourth-order valence-corrected chi connectivity index (χ4v) is 3.95. The Morgan fingerprint density at radius 1 is 0.931 bits per heavy atom. The molecule has 0 atom stereocenters. The maximum absolute atomic E-state index is 4.79. The van der Waals surface area contributed by atoms with E-state index in [0.29, 0.717) is 0 Å². The molecule has 0 amide bonds. The van der Waals surface area contributed by atoms with Crippen molar-refractivity contribution in [2.75, 3.05) is 0 Å². The first-order valence-corrected chi connectivity index (χ1v) is 9.50. The van der Waals surface area contributed by atoms with Crippen molar-refractivity contribution in [2.24, 2.45) is 0 Å². The number of hydrogen-bond donors (Lipinski definition) is 0. The molecule has 2 aromatic carbocycles. The van der Waals surface area contributed by atoms with Crippen LogP contribution in [0.25, 0.3) is 33.8 Å². The van der Waals surface area contributed by atoms with Crippen molar-refractivity contribution < 1.29 is 0 Å². The van der Waals surface area contributed by atoms with Gasteiger partial charge in [-0.25, -0.2) is 9.67 Å². The fourth-order valence-electron chi connectivity index (χ4n) is 3.95. The van der Waals surface area contributed by atoms with Gasteiger partial charge in [-0.3, -0.25) is 4.57 Å². The zero-order valence-electron chi connectivity index (χ0n) is 16.5. The Labute approximate surface area is 168 Å². The molecular formula is C23H20N6. The molecule has 29 heavy (non-hydrogen) atoms. The Morgan fingerprint density at radius 2 is 1.69 bits per heavy atom. The molecule has 0 unspecified atom stereocenters. The minimum absolute atomic E-state index is 0.734. The number of imidazole rings is 1. The molecule has 6 heteroatoms. The standard InChI is InChI=1S/C23H20N6/c1-15-11-16(2)22(17(3)12-15)28-10-9-24-23(28)19-13-25-26-20-14-29(27-21(19)20)18-7-5-4-6-8-18/h4-14H,1-3H3. The summed E-state index contributed by atoms with van der Waals surface area (Å²) in [5.41, 5.74) is 8.14. The molecule has 5 aromatic rings. The number of nitrogens with zero attached hydrogens (tertiary/aromatic N) is 6. The SMILES string of the molecule is Cc1cc(C)c(-n2ccnc2-c2cnnc3cn(-c4ccccc4)nc23)c(C)c1. The van der Waals surface area contributed by atoms with Gasteiger partial charge in [-0.15, -0.1) is 5.10 Å². The number of hydrogen-bond acceptors (Lipinski definition) is 4. The maximum atomic E-state index is 4.79. The lowest BCUT2D eigenvalue weighted by atomic mass is 10.0. The summed E-state index contributed by atoms with van der Waals surface area (Å²) in [7, 11) is 0. The number of aromatic nitrogens is 6. The Balaban J connectivity index is 1.71. The van der Waals surface area contributed by atoms with Crippen LogP contribution in [-0.4, -0.2) is 29.5 Å². The van der Waals surface area contributed by atoms with E-state index in [-0.39, 0.29) is 0 Å². The first-order chi connectivity index (χ1) is 14.1. The van der Waals surface area contributed by atoms with Crippen LogP contribution >= 0.6 is 0 Å². The third kappa shape index (κ3) is 2.89. The molecular weight excluding hydrogens is 360 g/mol. The van der Waals surface area contributed by atoms with Crippen molar-refractivity contribution in [1.29, 1.82) is 0 Å². The Bertz CT molecular complexity index is 1310. The van der Waals surface area contributed by atoms with E-state index in [1.165, 1.54) is 16.7 Å². The largest absolute Gasteiger partial charge is 0.299 e. The number of rotatable bonds is 3. The van der Waals surface area contributed by atoms with Gasteiger partial charge in [0.15, 0.2) is 0 Å². The molecule has 6 nitrogen and oxygen atoms in total. The van der Waals surface area contributed by atoms with Gasteiger partial charge in [0.1, 0.15) is 16.9 Å².